The van der Waals surface area contributed by atoms with Gasteiger partial charge in [-0.05, 0) is 12.1 Å². The molecule has 0 radical (unpaired) electrons. The molecular weight excluding hydrogens is 222 g/mol. The van der Waals surface area contributed by atoms with E-state index in [1.807, 2.05) is 11.0 Å². The minimum absolute atomic E-state index is 0.356. The van der Waals surface area contributed by atoms with E-state index < -0.39 is 6.10 Å². The third-order valence-electron chi connectivity index (χ3n) is 2.63. The molecule has 1 aliphatic rings. The fraction of sp³-hybridized carbons (Fsp3) is 0.455. The van der Waals surface area contributed by atoms with Gasteiger partial charge in [0.25, 0.3) is 0 Å². The second-order valence-electron chi connectivity index (χ2n) is 3.78. The molecule has 2 N–H and O–H groups in total. The van der Waals surface area contributed by atoms with Gasteiger partial charge >= 0.3 is 5.97 Å². The van der Waals surface area contributed by atoms with Crippen LogP contribution in [0.25, 0.3) is 0 Å². The summed E-state index contributed by atoms with van der Waals surface area (Å²) in [6.07, 6.45) is 1.05. The smallest absolute Gasteiger partial charge is 0.336 e. The maximum Gasteiger partial charge on any atom is 0.336 e. The summed E-state index contributed by atoms with van der Waals surface area (Å²) in [7, 11) is 1.35. The molecule has 0 saturated carbocycles. The topological polar surface area (TPSA) is 77.7 Å². The van der Waals surface area contributed by atoms with Crippen molar-refractivity contribution < 1.29 is 14.3 Å². The number of nitrogen functional groups attached to an aromatic ring is 1. The van der Waals surface area contributed by atoms with E-state index in [1.54, 1.807) is 12.3 Å². The van der Waals surface area contributed by atoms with Crippen LogP contribution in [0.1, 0.15) is 0 Å². The molecule has 1 unspecified atom stereocenters. The van der Waals surface area contributed by atoms with Crippen LogP contribution in [0.4, 0.5) is 11.5 Å². The second kappa shape index (κ2) is 5.01. The first-order valence-corrected chi connectivity index (χ1v) is 5.36. The summed E-state index contributed by atoms with van der Waals surface area (Å²) in [5, 5.41) is 0. The number of nitrogens with two attached hydrogens (primary N) is 1. The molecule has 17 heavy (non-hydrogen) atoms. The molecule has 0 aromatic carbocycles. The lowest BCUT2D eigenvalue weighted by molar-refractivity contribution is -0.154. The first-order chi connectivity index (χ1) is 8.20. The van der Waals surface area contributed by atoms with Crippen molar-refractivity contribution in [2.24, 2.45) is 0 Å². The highest BCUT2D eigenvalue weighted by Gasteiger charge is 2.27. The minimum Gasteiger partial charge on any atom is -0.467 e. The van der Waals surface area contributed by atoms with Gasteiger partial charge in [-0.1, -0.05) is 0 Å². The van der Waals surface area contributed by atoms with Gasteiger partial charge in [0.2, 0.25) is 0 Å². The summed E-state index contributed by atoms with van der Waals surface area (Å²) in [4.78, 5) is 17.6. The van der Waals surface area contributed by atoms with Crippen molar-refractivity contribution >= 4 is 17.5 Å². The zero-order chi connectivity index (χ0) is 12.3. The first-order valence-electron chi connectivity index (χ1n) is 5.36. The van der Waals surface area contributed by atoms with E-state index in [4.69, 9.17) is 10.5 Å². The molecule has 1 saturated heterocycles. The van der Waals surface area contributed by atoms with Crippen molar-refractivity contribution in [3.63, 3.8) is 0 Å². The molecule has 2 heterocycles. The molecule has 0 aliphatic carbocycles. The number of hydrogen-bond donors (Lipinski definition) is 1. The summed E-state index contributed by atoms with van der Waals surface area (Å²) in [6, 6.07) is 3.61. The molecule has 1 fully saturated rings. The highest BCUT2D eigenvalue weighted by Crippen LogP contribution is 2.16. The minimum atomic E-state index is -0.548. The molecule has 1 atom stereocenters. The van der Waals surface area contributed by atoms with Gasteiger partial charge in [0.1, 0.15) is 5.82 Å². The third kappa shape index (κ3) is 2.65. The van der Waals surface area contributed by atoms with Crippen molar-refractivity contribution in [1.82, 2.24) is 4.98 Å². The number of morpholine rings is 1. The lowest BCUT2D eigenvalue weighted by Crippen LogP contribution is -2.46. The monoisotopic (exact) mass is 237 g/mol. The standard InChI is InChI=1S/C11H15N3O3/c1-16-11(15)9-7-14(4-5-17-9)10-3-2-8(12)6-13-10/h2-3,6,9H,4-5,7,12H2,1H3. The first kappa shape index (κ1) is 11.7. The van der Waals surface area contributed by atoms with Crippen LogP contribution in [0.5, 0.6) is 0 Å². The Morgan fingerprint density at radius 2 is 2.47 bits per heavy atom. The lowest BCUT2D eigenvalue weighted by atomic mass is 10.2. The van der Waals surface area contributed by atoms with Crippen LogP contribution in [0.3, 0.4) is 0 Å². The number of nitrogens with zero attached hydrogens (tertiary/aromatic N) is 2. The Hall–Kier alpha value is -1.82. The molecule has 0 spiro atoms. The number of pyridine rings is 1. The van der Waals surface area contributed by atoms with Gasteiger partial charge < -0.3 is 20.1 Å². The Bertz CT molecular complexity index is 393. The Morgan fingerprint density at radius 3 is 3.12 bits per heavy atom. The number of hydrogen-bond acceptors (Lipinski definition) is 6. The molecule has 6 nitrogen and oxygen atoms in total. The maximum atomic E-state index is 11.4. The van der Waals surface area contributed by atoms with E-state index in [0.29, 0.717) is 25.4 Å². The summed E-state index contributed by atoms with van der Waals surface area (Å²) < 4.78 is 10.00. The van der Waals surface area contributed by atoms with Crippen LogP contribution in [-0.4, -0.2) is 43.9 Å². The quantitative estimate of drug-likeness (QED) is 0.732. The van der Waals surface area contributed by atoms with E-state index in [1.165, 1.54) is 7.11 Å². The average Bonchev–Trinajstić information content (AvgIpc) is 2.39. The highest BCUT2D eigenvalue weighted by atomic mass is 16.6. The summed E-state index contributed by atoms with van der Waals surface area (Å²) in [5.74, 6) is 0.432. The van der Waals surface area contributed by atoms with Crippen molar-refractivity contribution in [2.45, 2.75) is 6.10 Å². The summed E-state index contributed by atoms with van der Waals surface area (Å²) in [5.41, 5.74) is 6.19. The number of esters is 1. The highest BCUT2D eigenvalue weighted by molar-refractivity contribution is 5.75. The van der Waals surface area contributed by atoms with Crippen LogP contribution < -0.4 is 10.6 Å². The molecule has 1 aliphatic heterocycles. The lowest BCUT2D eigenvalue weighted by Gasteiger charge is -2.32. The molecule has 92 valence electrons. The van der Waals surface area contributed by atoms with Gasteiger partial charge in [0.15, 0.2) is 6.10 Å². The Kier molecular flexibility index (Phi) is 3.43. The van der Waals surface area contributed by atoms with Crippen LogP contribution in [0.15, 0.2) is 18.3 Å². The Balaban J connectivity index is 2.06. The molecule has 1 aromatic heterocycles. The van der Waals surface area contributed by atoms with Gasteiger partial charge in [0.05, 0.1) is 32.1 Å². The number of methoxy groups -OCH3 is 1. The molecule has 1 aromatic rings. The van der Waals surface area contributed by atoms with Crippen molar-refractivity contribution in [1.29, 1.82) is 0 Å². The number of carbonyl (C=O) groups excluding carboxylic acids is 1. The van der Waals surface area contributed by atoms with Gasteiger partial charge in [-0.2, -0.15) is 0 Å². The fourth-order valence-electron chi connectivity index (χ4n) is 1.72. The van der Waals surface area contributed by atoms with Crippen molar-refractivity contribution in [2.75, 3.05) is 37.4 Å². The molecule has 6 heteroatoms. The zero-order valence-corrected chi connectivity index (χ0v) is 9.63. The van der Waals surface area contributed by atoms with Crippen molar-refractivity contribution in [3.8, 4) is 0 Å². The van der Waals surface area contributed by atoms with Gasteiger partial charge in [-0.15, -0.1) is 0 Å². The third-order valence-corrected chi connectivity index (χ3v) is 2.63. The summed E-state index contributed by atoms with van der Waals surface area (Å²) in [6.45, 7) is 1.62. The molecule has 0 amide bonds. The van der Waals surface area contributed by atoms with Crippen LogP contribution in [0.2, 0.25) is 0 Å². The normalized spacial score (nSPS) is 20.1. The predicted molar refractivity (Wildman–Crippen MR) is 62.6 cm³/mol. The van der Waals surface area contributed by atoms with Crippen LogP contribution in [0, 0.1) is 0 Å². The number of rotatable bonds is 2. The molecule has 0 bridgehead atoms. The average molecular weight is 237 g/mol. The Labute approximate surface area is 99.3 Å². The maximum absolute atomic E-state index is 11.4. The van der Waals surface area contributed by atoms with E-state index in [0.717, 1.165) is 5.82 Å². The molecular formula is C11H15N3O3. The number of carbonyl (C=O) groups is 1. The fourth-order valence-corrected chi connectivity index (χ4v) is 1.72. The number of anilines is 2. The van der Waals surface area contributed by atoms with Gasteiger partial charge in [-0.25, -0.2) is 9.78 Å². The number of ether oxygens (including phenoxy) is 2. The summed E-state index contributed by atoms with van der Waals surface area (Å²) >= 11 is 0. The molecule has 2 rings (SSSR count). The van der Waals surface area contributed by atoms with E-state index in [-0.39, 0.29) is 5.97 Å². The predicted octanol–water partition coefficient (Wildman–Crippen LogP) is 0.0420. The van der Waals surface area contributed by atoms with Crippen LogP contribution >= 0.6 is 0 Å². The van der Waals surface area contributed by atoms with Crippen LogP contribution in [-0.2, 0) is 14.3 Å². The Morgan fingerprint density at radius 1 is 1.65 bits per heavy atom. The van der Waals surface area contributed by atoms with E-state index >= 15 is 0 Å². The van der Waals surface area contributed by atoms with E-state index in [9.17, 15) is 4.79 Å². The van der Waals surface area contributed by atoms with E-state index in [2.05, 4.69) is 9.72 Å². The SMILES string of the molecule is COC(=O)C1CN(c2ccc(N)cn2)CCO1. The number of aromatic nitrogens is 1. The van der Waals surface area contributed by atoms with Crippen molar-refractivity contribution in [3.05, 3.63) is 18.3 Å². The largest absolute Gasteiger partial charge is 0.467 e. The van der Waals surface area contributed by atoms with Gasteiger partial charge in [-0.3, -0.25) is 0 Å². The second-order valence-corrected chi connectivity index (χ2v) is 3.78. The van der Waals surface area contributed by atoms with Gasteiger partial charge in [0, 0.05) is 6.54 Å². The zero-order valence-electron chi connectivity index (χ0n) is 9.63.